The predicted molar refractivity (Wildman–Crippen MR) is 75.5 cm³/mol. The minimum Gasteiger partial charge on any atom is -0.462 e. The SMILES string of the molecule is CCOC(=O)c1ccncc1N1CC(CS(=O)(=O)F)CC1=O. The molecule has 1 aliphatic rings. The molecule has 120 valence electrons. The van der Waals surface area contributed by atoms with Crippen LogP contribution in [-0.4, -0.2) is 44.2 Å². The molecule has 22 heavy (non-hydrogen) atoms. The zero-order chi connectivity index (χ0) is 16.3. The summed E-state index contributed by atoms with van der Waals surface area (Å²) in [5.74, 6) is -2.36. The summed E-state index contributed by atoms with van der Waals surface area (Å²) in [6.07, 6.45) is 2.62. The average molecular weight is 330 g/mol. The van der Waals surface area contributed by atoms with Crippen LogP contribution in [0.3, 0.4) is 0 Å². The Balaban J connectivity index is 2.25. The molecule has 1 fully saturated rings. The van der Waals surface area contributed by atoms with Crippen molar-refractivity contribution in [3.8, 4) is 0 Å². The Morgan fingerprint density at radius 1 is 1.55 bits per heavy atom. The van der Waals surface area contributed by atoms with E-state index in [1.165, 1.54) is 23.4 Å². The van der Waals surface area contributed by atoms with E-state index in [0.717, 1.165) is 0 Å². The van der Waals surface area contributed by atoms with Gasteiger partial charge in [-0.05, 0) is 13.0 Å². The minimum absolute atomic E-state index is 0.0140. The Hall–Kier alpha value is -2.03. The van der Waals surface area contributed by atoms with Gasteiger partial charge in [0.15, 0.2) is 0 Å². The van der Waals surface area contributed by atoms with Crippen molar-refractivity contribution in [3.63, 3.8) is 0 Å². The third-order valence-electron chi connectivity index (χ3n) is 3.23. The number of aromatic nitrogens is 1. The van der Waals surface area contributed by atoms with Gasteiger partial charge in [-0.2, -0.15) is 8.42 Å². The van der Waals surface area contributed by atoms with E-state index in [4.69, 9.17) is 4.74 Å². The highest BCUT2D eigenvalue weighted by Gasteiger charge is 2.35. The van der Waals surface area contributed by atoms with Gasteiger partial charge in [-0.3, -0.25) is 9.78 Å². The van der Waals surface area contributed by atoms with Gasteiger partial charge in [0.1, 0.15) is 0 Å². The number of hydrogen-bond donors (Lipinski definition) is 0. The van der Waals surface area contributed by atoms with Crippen LogP contribution in [0.15, 0.2) is 18.5 Å². The van der Waals surface area contributed by atoms with Crippen molar-refractivity contribution in [2.75, 3.05) is 23.8 Å². The summed E-state index contributed by atoms with van der Waals surface area (Å²) in [6.45, 7) is 1.85. The zero-order valence-corrected chi connectivity index (χ0v) is 12.7. The van der Waals surface area contributed by atoms with Gasteiger partial charge in [-0.25, -0.2) is 4.79 Å². The molecule has 1 aliphatic heterocycles. The van der Waals surface area contributed by atoms with E-state index in [2.05, 4.69) is 4.98 Å². The molecule has 9 heteroatoms. The number of carbonyl (C=O) groups is 2. The van der Waals surface area contributed by atoms with E-state index in [9.17, 15) is 21.9 Å². The Morgan fingerprint density at radius 2 is 2.27 bits per heavy atom. The molecule has 0 aliphatic carbocycles. The summed E-state index contributed by atoms with van der Waals surface area (Å²) < 4.78 is 39.1. The molecular formula is C13H15FN2O5S. The van der Waals surface area contributed by atoms with Crippen molar-refractivity contribution in [2.45, 2.75) is 13.3 Å². The topological polar surface area (TPSA) is 93.6 Å². The van der Waals surface area contributed by atoms with Crippen LogP contribution in [0.25, 0.3) is 0 Å². The van der Waals surface area contributed by atoms with E-state index in [0.29, 0.717) is 0 Å². The van der Waals surface area contributed by atoms with Crippen LogP contribution >= 0.6 is 0 Å². The molecule has 1 atom stereocenters. The quantitative estimate of drug-likeness (QED) is 0.588. The molecule has 7 nitrogen and oxygen atoms in total. The van der Waals surface area contributed by atoms with Crippen molar-refractivity contribution >= 4 is 27.8 Å². The van der Waals surface area contributed by atoms with E-state index in [1.807, 2.05) is 0 Å². The van der Waals surface area contributed by atoms with Gasteiger partial charge in [-0.15, -0.1) is 3.89 Å². The summed E-state index contributed by atoms with van der Waals surface area (Å²) in [4.78, 5) is 29.0. The summed E-state index contributed by atoms with van der Waals surface area (Å²) in [7, 11) is -4.66. The highest BCUT2D eigenvalue weighted by atomic mass is 32.3. The van der Waals surface area contributed by atoms with E-state index >= 15 is 0 Å². The fourth-order valence-electron chi connectivity index (χ4n) is 2.39. The van der Waals surface area contributed by atoms with E-state index in [1.54, 1.807) is 6.92 Å². The standard InChI is InChI=1S/C13H15FN2O5S/c1-2-21-13(18)10-3-4-15-6-11(10)16-7-9(5-12(16)17)8-22(14,19)20/h3-4,6,9H,2,5,7-8H2,1H3. The molecular weight excluding hydrogens is 315 g/mol. The molecule has 1 amide bonds. The average Bonchev–Trinajstić information content (AvgIpc) is 2.77. The van der Waals surface area contributed by atoms with Crippen LogP contribution in [0, 0.1) is 5.92 Å². The van der Waals surface area contributed by atoms with E-state index < -0.39 is 27.9 Å². The second-order valence-electron chi connectivity index (χ2n) is 4.89. The van der Waals surface area contributed by atoms with Crippen LogP contribution in [0.2, 0.25) is 0 Å². The maximum atomic E-state index is 12.8. The van der Waals surface area contributed by atoms with Gasteiger partial charge >= 0.3 is 16.2 Å². The summed E-state index contributed by atoms with van der Waals surface area (Å²) in [5.41, 5.74) is 0.402. The molecule has 1 saturated heterocycles. The van der Waals surface area contributed by atoms with Gasteiger partial charge in [-0.1, -0.05) is 0 Å². The van der Waals surface area contributed by atoms with Crippen molar-refractivity contribution in [3.05, 3.63) is 24.0 Å². The molecule has 2 heterocycles. The lowest BCUT2D eigenvalue weighted by atomic mass is 10.1. The number of nitrogens with zero attached hydrogens (tertiary/aromatic N) is 2. The second-order valence-corrected chi connectivity index (χ2v) is 6.30. The Bertz CT molecular complexity index is 691. The van der Waals surface area contributed by atoms with Gasteiger partial charge in [0.05, 0.1) is 29.8 Å². The number of rotatable bonds is 5. The third-order valence-corrected chi connectivity index (χ3v) is 4.10. The number of anilines is 1. The van der Waals surface area contributed by atoms with Crippen LogP contribution in [0.1, 0.15) is 23.7 Å². The van der Waals surface area contributed by atoms with Gasteiger partial charge in [0.2, 0.25) is 5.91 Å². The molecule has 0 radical (unpaired) electrons. The monoisotopic (exact) mass is 330 g/mol. The van der Waals surface area contributed by atoms with Crippen LogP contribution < -0.4 is 4.90 Å². The first-order chi connectivity index (χ1) is 10.3. The number of pyridine rings is 1. The molecule has 0 spiro atoms. The lowest BCUT2D eigenvalue weighted by Crippen LogP contribution is -2.27. The molecule has 2 rings (SSSR count). The predicted octanol–water partition coefficient (Wildman–Crippen LogP) is 0.911. The number of carbonyl (C=O) groups excluding carboxylic acids is 2. The maximum Gasteiger partial charge on any atom is 0.340 e. The summed E-state index contributed by atoms with van der Waals surface area (Å²) in [5, 5.41) is 0. The molecule has 0 aromatic carbocycles. The maximum absolute atomic E-state index is 12.8. The lowest BCUT2D eigenvalue weighted by Gasteiger charge is -2.18. The first-order valence-corrected chi connectivity index (χ1v) is 8.21. The highest BCUT2D eigenvalue weighted by Crippen LogP contribution is 2.28. The molecule has 0 bridgehead atoms. The number of amides is 1. The van der Waals surface area contributed by atoms with Crippen molar-refractivity contribution < 1.29 is 26.6 Å². The molecule has 0 saturated carbocycles. The summed E-state index contributed by atoms with van der Waals surface area (Å²) in [6, 6.07) is 1.42. The van der Waals surface area contributed by atoms with Crippen molar-refractivity contribution in [1.82, 2.24) is 4.98 Å². The van der Waals surface area contributed by atoms with Crippen LogP contribution in [-0.2, 0) is 19.8 Å². The van der Waals surface area contributed by atoms with Crippen LogP contribution in [0.4, 0.5) is 9.57 Å². The van der Waals surface area contributed by atoms with Gasteiger partial charge < -0.3 is 9.64 Å². The second kappa shape index (κ2) is 6.39. The van der Waals surface area contributed by atoms with Gasteiger partial charge in [0.25, 0.3) is 0 Å². The van der Waals surface area contributed by atoms with E-state index in [-0.39, 0.29) is 36.7 Å². The fourth-order valence-corrected chi connectivity index (χ4v) is 3.18. The van der Waals surface area contributed by atoms with Crippen molar-refractivity contribution in [1.29, 1.82) is 0 Å². The Kier molecular flexibility index (Phi) is 4.74. The zero-order valence-electron chi connectivity index (χ0n) is 11.9. The van der Waals surface area contributed by atoms with Crippen LogP contribution in [0.5, 0.6) is 0 Å². The Morgan fingerprint density at radius 3 is 2.91 bits per heavy atom. The molecule has 0 N–H and O–H groups in total. The number of hydrogen-bond acceptors (Lipinski definition) is 6. The first-order valence-electron chi connectivity index (χ1n) is 6.65. The number of halogens is 1. The molecule has 1 unspecified atom stereocenters. The third kappa shape index (κ3) is 3.79. The lowest BCUT2D eigenvalue weighted by molar-refractivity contribution is -0.117. The normalized spacial score (nSPS) is 18.5. The minimum atomic E-state index is -4.66. The molecule has 1 aromatic rings. The van der Waals surface area contributed by atoms with Gasteiger partial charge in [0, 0.05) is 25.1 Å². The summed E-state index contributed by atoms with van der Waals surface area (Å²) >= 11 is 0. The smallest absolute Gasteiger partial charge is 0.340 e. The number of ether oxygens (including phenoxy) is 1. The molecule has 1 aromatic heterocycles. The largest absolute Gasteiger partial charge is 0.462 e. The number of esters is 1. The first kappa shape index (κ1) is 16.3. The highest BCUT2D eigenvalue weighted by molar-refractivity contribution is 7.86. The Labute approximate surface area is 127 Å². The van der Waals surface area contributed by atoms with Crippen molar-refractivity contribution in [2.24, 2.45) is 5.92 Å². The fraction of sp³-hybridized carbons (Fsp3) is 0.462.